The molecule has 0 aliphatic carbocycles. The van der Waals surface area contributed by atoms with Gasteiger partial charge in [-0.05, 0) is 36.0 Å². The SMILES string of the molecule is COc1ccc(CNC(=O)CNC(=O)C2CNCC23CCOCC3)cc1. The lowest BCUT2D eigenvalue weighted by Crippen LogP contribution is -2.46. The largest absolute Gasteiger partial charge is 0.497 e. The van der Waals surface area contributed by atoms with Gasteiger partial charge in [0.1, 0.15) is 5.75 Å². The Hall–Kier alpha value is -2.12. The smallest absolute Gasteiger partial charge is 0.239 e. The first kappa shape index (κ1) is 18.7. The fourth-order valence-electron chi connectivity index (χ4n) is 3.78. The van der Waals surface area contributed by atoms with E-state index in [9.17, 15) is 9.59 Å². The molecule has 2 heterocycles. The van der Waals surface area contributed by atoms with Gasteiger partial charge in [0, 0.05) is 32.8 Å². The van der Waals surface area contributed by atoms with Crippen molar-refractivity contribution in [1.29, 1.82) is 0 Å². The third-order valence-corrected chi connectivity index (χ3v) is 5.44. The summed E-state index contributed by atoms with van der Waals surface area (Å²) < 4.78 is 10.5. The van der Waals surface area contributed by atoms with Crippen molar-refractivity contribution in [1.82, 2.24) is 16.0 Å². The highest BCUT2D eigenvalue weighted by molar-refractivity contribution is 5.86. The Bertz CT molecular complexity index is 626. The second-order valence-electron chi connectivity index (χ2n) is 7.00. The van der Waals surface area contributed by atoms with Crippen molar-refractivity contribution in [3.8, 4) is 5.75 Å². The van der Waals surface area contributed by atoms with Crippen LogP contribution in [0.3, 0.4) is 0 Å². The van der Waals surface area contributed by atoms with Gasteiger partial charge in [-0.1, -0.05) is 12.1 Å². The number of benzene rings is 1. The summed E-state index contributed by atoms with van der Waals surface area (Å²) in [6.07, 6.45) is 1.78. The van der Waals surface area contributed by atoms with Crippen LogP contribution in [0.25, 0.3) is 0 Å². The highest BCUT2D eigenvalue weighted by atomic mass is 16.5. The average Bonchev–Trinajstić information content (AvgIpc) is 3.08. The van der Waals surface area contributed by atoms with Crippen molar-refractivity contribution in [2.24, 2.45) is 11.3 Å². The Kier molecular flexibility index (Phi) is 6.11. The van der Waals surface area contributed by atoms with Crippen molar-refractivity contribution in [2.45, 2.75) is 19.4 Å². The van der Waals surface area contributed by atoms with Crippen molar-refractivity contribution < 1.29 is 19.1 Å². The third kappa shape index (κ3) is 4.34. The molecule has 1 unspecified atom stereocenters. The maximum Gasteiger partial charge on any atom is 0.239 e. The van der Waals surface area contributed by atoms with E-state index < -0.39 is 0 Å². The number of carbonyl (C=O) groups is 2. The molecule has 2 aliphatic rings. The molecule has 1 aromatic carbocycles. The molecule has 2 aliphatic heterocycles. The van der Waals surface area contributed by atoms with Gasteiger partial charge in [-0.2, -0.15) is 0 Å². The summed E-state index contributed by atoms with van der Waals surface area (Å²) in [5.74, 6) is 0.443. The molecule has 1 atom stereocenters. The van der Waals surface area contributed by atoms with Crippen LogP contribution >= 0.6 is 0 Å². The molecule has 0 radical (unpaired) electrons. The molecular formula is C19H27N3O4. The van der Waals surface area contributed by atoms with Crippen LogP contribution in [0.1, 0.15) is 18.4 Å². The summed E-state index contributed by atoms with van der Waals surface area (Å²) in [6.45, 7) is 3.34. The topological polar surface area (TPSA) is 88.7 Å². The summed E-state index contributed by atoms with van der Waals surface area (Å²) in [4.78, 5) is 24.6. The van der Waals surface area contributed by atoms with Gasteiger partial charge in [-0.25, -0.2) is 0 Å². The summed E-state index contributed by atoms with van der Waals surface area (Å²) >= 11 is 0. The Morgan fingerprint density at radius 3 is 2.65 bits per heavy atom. The molecule has 1 aromatic rings. The van der Waals surface area contributed by atoms with Crippen LogP contribution in [0, 0.1) is 11.3 Å². The summed E-state index contributed by atoms with van der Waals surface area (Å²) in [6, 6.07) is 7.50. The molecule has 1 spiro atoms. The van der Waals surface area contributed by atoms with E-state index in [0.717, 1.165) is 30.7 Å². The molecule has 26 heavy (non-hydrogen) atoms. The molecule has 142 valence electrons. The standard InChI is InChI=1S/C19H27N3O4/c1-25-15-4-2-14(3-5-15)10-21-17(23)12-22-18(24)16-11-20-13-19(16)6-8-26-9-7-19/h2-5,16,20H,6-13H2,1H3,(H,21,23)(H,22,24). The highest BCUT2D eigenvalue weighted by Crippen LogP contribution is 2.40. The van der Waals surface area contributed by atoms with Crippen LogP contribution in [0.15, 0.2) is 24.3 Å². The van der Waals surface area contributed by atoms with Crippen LogP contribution in [0.5, 0.6) is 5.75 Å². The van der Waals surface area contributed by atoms with Gasteiger partial charge in [-0.3, -0.25) is 9.59 Å². The first-order valence-electron chi connectivity index (χ1n) is 9.09. The number of methoxy groups -OCH3 is 1. The number of hydrogen-bond donors (Lipinski definition) is 3. The second kappa shape index (κ2) is 8.51. The zero-order chi connectivity index (χ0) is 18.4. The molecule has 0 bridgehead atoms. The number of hydrogen-bond acceptors (Lipinski definition) is 5. The number of nitrogens with one attached hydrogen (secondary N) is 3. The lowest BCUT2D eigenvalue weighted by Gasteiger charge is -2.37. The minimum absolute atomic E-state index is 0.00192. The summed E-state index contributed by atoms with van der Waals surface area (Å²) in [5, 5.41) is 8.95. The summed E-state index contributed by atoms with van der Waals surface area (Å²) in [7, 11) is 1.61. The molecule has 2 saturated heterocycles. The van der Waals surface area contributed by atoms with Crippen LogP contribution in [-0.4, -0.2) is 51.8 Å². The number of carbonyl (C=O) groups excluding carboxylic acids is 2. The van der Waals surface area contributed by atoms with E-state index in [1.165, 1.54) is 0 Å². The second-order valence-corrected chi connectivity index (χ2v) is 7.00. The maximum atomic E-state index is 12.6. The molecule has 3 N–H and O–H groups in total. The molecule has 7 nitrogen and oxygen atoms in total. The normalized spacial score (nSPS) is 21.3. The zero-order valence-electron chi connectivity index (χ0n) is 15.2. The van der Waals surface area contributed by atoms with E-state index in [4.69, 9.17) is 9.47 Å². The first-order chi connectivity index (χ1) is 12.6. The van der Waals surface area contributed by atoms with Gasteiger partial charge >= 0.3 is 0 Å². The van der Waals surface area contributed by atoms with E-state index in [0.29, 0.717) is 26.3 Å². The lowest BCUT2D eigenvalue weighted by atomic mass is 9.72. The van der Waals surface area contributed by atoms with Crippen molar-refractivity contribution >= 4 is 11.8 Å². The third-order valence-electron chi connectivity index (χ3n) is 5.44. The average molecular weight is 361 g/mol. The van der Waals surface area contributed by atoms with Gasteiger partial charge in [-0.15, -0.1) is 0 Å². The molecule has 0 aromatic heterocycles. The van der Waals surface area contributed by atoms with E-state index in [-0.39, 0.29) is 29.7 Å². The van der Waals surface area contributed by atoms with E-state index in [1.54, 1.807) is 7.11 Å². The monoisotopic (exact) mass is 361 g/mol. The minimum atomic E-state index is -0.193. The number of ether oxygens (including phenoxy) is 2. The maximum absolute atomic E-state index is 12.6. The van der Waals surface area contributed by atoms with Crippen LogP contribution in [-0.2, 0) is 20.9 Å². The molecule has 2 amide bonds. The van der Waals surface area contributed by atoms with Gasteiger partial charge in [0.2, 0.25) is 11.8 Å². The molecule has 2 fully saturated rings. The number of rotatable bonds is 6. The van der Waals surface area contributed by atoms with Gasteiger partial charge in [0.25, 0.3) is 0 Å². The van der Waals surface area contributed by atoms with Crippen LogP contribution < -0.4 is 20.7 Å². The molecular weight excluding hydrogens is 334 g/mol. The van der Waals surface area contributed by atoms with E-state index in [1.807, 2.05) is 24.3 Å². The predicted octanol–water partition coefficient (Wildman–Crippen LogP) is 0.444. The minimum Gasteiger partial charge on any atom is -0.497 e. The van der Waals surface area contributed by atoms with Gasteiger partial charge in [0.15, 0.2) is 0 Å². The first-order valence-corrected chi connectivity index (χ1v) is 9.09. The summed E-state index contributed by atoms with van der Waals surface area (Å²) in [5.41, 5.74) is 0.952. The van der Waals surface area contributed by atoms with Gasteiger partial charge in [0.05, 0.1) is 19.6 Å². The fourth-order valence-corrected chi connectivity index (χ4v) is 3.78. The fraction of sp³-hybridized carbons (Fsp3) is 0.579. The molecule has 7 heteroatoms. The van der Waals surface area contributed by atoms with Crippen LogP contribution in [0.2, 0.25) is 0 Å². The molecule has 3 rings (SSSR count). The van der Waals surface area contributed by atoms with E-state index in [2.05, 4.69) is 16.0 Å². The molecule has 0 saturated carbocycles. The lowest BCUT2D eigenvalue weighted by molar-refractivity contribution is -0.132. The Labute approximate surface area is 153 Å². The Balaban J connectivity index is 1.44. The van der Waals surface area contributed by atoms with Crippen LogP contribution in [0.4, 0.5) is 0 Å². The quantitative estimate of drug-likeness (QED) is 0.684. The van der Waals surface area contributed by atoms with Gasteiger partial charge < -0.3 is 25.4 Å². The Morgan fingerprint density at radius 1 is 1.23 bits per heavy atom. The zero-order valence-corrected chi connectivity index (χ0v) is 15.2. The van der Waals surface area contributed by atoms with Crippen molar-refractivity contribution in [3.63, 3.8) is 0 Å². The predicted molar refractivity (Wildman–Crippen MR) is 96.7 cm³/mol. The van der Waals surface area contributed by atoms with Crippen molar-refractivity contribution in [3.05, 3.63) is 29.8 Å². The highest BCUT2D eigenvalue weighted by Gasteiger charge is 2.47. The Morgan fingerprint density at radius 2 is 1.96 bits per heavy atom. The van der Waals surface area contributed by atoms with E-state index >= 15 is 0 Å². The number of amides is 2. The van der Waals surface area contributed by atoms with Crippen molar-refractivity contribution in [2.75, 3.05) is 40.0 Å².